The van der Waals surface area contributed by atoms with Gasteiger partial charge >= 0.3 is 0 Å². The molecule has 168 valence electrons. The van der Waals surface area contributed by atoms with Gasteiger partial charge in [0.1, 0.15) is 5.75 Å². The zero-order valence-corrected chi connectivity index (χ0v) is 18.4. The molecule has 3 aromatic carbocycles. The Morgan fingerprint density at radius 3 is 2.33 bits per heavy atom. The zero-order valence-electron chi connectivity index (χ0n) is 17.6. The minimum absolute atomic E-state index is 0.109. The van der Waals surface area contributed by atoms with Gasteiger partial charge in [-0.25, -0.2) is 17.8 Å². The second-order valence-electron chi connectivity index (χ2n) is 7.06. The second kappa shape index (κ2) is 9.23. The Morgan fingerprint density at radius 1 is 1.03 bits per heavy atom. The number of rotatable bonds is 8. The van der Waals surface area contributed by atoms with E-state index >= 15 is 0 Å². The minimum Gasteiger partial charge on any atom is -0.497 e. The van der Waals surface area contributed by atoms with Crippen LogP contribution in [0.15, 0.2) is 90.0 Å². The van der Waals surface area contributed by atoms with Crippen molar-refractivity contribution in [1.29, 1.82) is 0 Å². The van der Waals surface area contributed by atoms with Crippen molar-refractivity contribution in [1.82, 2.24) is 14.5 Å². The van der Waals surface area contributed by atoms with Crippen LogP contribution in [0.25, 0.3) is 16.9 Å². The number of benzene rings is 3. The molecule has 0 radical (unpaired) electrons. The van der Waals surface area contributed by atoms with E-state index in [0.29, 0.717) is 11.3 Å². The van der Waals surface area contributed by atoms with Gasteiger partial charge < -0.3 is 4.74 Å². The maximum atomic E-state index is 13.0. The first-order valence-electron chi connectivity index (χ1n) is 9.90. The van der Waals surface area contributed by atoms with E-state index in [1.165, 1.54) is 13.2 Å². The normalized spacial score (nSPS) is 11.3. The number of sulfonamides is 1. The van der Waals surface area contributed by atoms with E-state index in [0.717, 1.165) is 23.4 Å². The summed E-state index contributed by atoms with van der Waals surface area (Å²) in [5.74, 6) is 0.191. The van der Waals surface area contributed by atoms with Crippen LogP contribution in [0.4, 0.5) is 5.69 Å². The average molecular weight is 465 g/mol. The summed E-state index contributed by atoms with van der Waals surface area (Å²) in [6, 6.07) is 22.4. The number of nitro groups is 1. The number of nitrogens with zero attached hydrogens (tertiary/aromatic N) is 3. The fourth-order valence-electron chi connectivity index (χ4n) is 3.34. The van der Waals surface area contributed by atoms with Gasteiger partial charge in [-0.3, -0.25) is 10.1 Å². The smallest absolute Gasteiger partial charge is 0.293 e. The number of aromatic nitrogens is 2. The van der Waals surface area contributed by atoms with Gasteiger partial charge in [-0.1, -0.05) is 48.5 Å². The molecule has 0 atom stereocenters. The van der Waals surface area contributed by atoms with Gasteiger partial charge in [-0.2, -0.15) is 5.10 Å². The van der Waals surface area contributed by atoms with Crippen molar-refractivity contribution in [2.75, 3.05) is 7.11 Å². The standard InChI is InChI=1S/C23H20N4O5S/c1-32-20-12-13-22(21(14-20)27(28)29)33(30,31)24-15-18-16-26(19-10-6-3-7-11-19)25-23(18)17-8-4-2-5-9-17/h2-14,16,24H,15H2,1H3. The van der Waals surface area contributed by atoms with Gasteiger partial charge in [0, 0.05) is 23.9 Å². The van der Waals surface area contributed by atoms with E-state index < -0.39 is 25.5 Å². The van der Waals surface area contributed by atoms with Gasteiger partial charge in [0.25, 0.3) is 5.69 Å². The zero-order chi connectivity index (χ0) is 23.4. The lowest BCUT2D eigenvalue weighted by Crippen LogP contribution is -2.24. The van der Waals surface area contributed by atoms with E-state index in [4.69, 9.17) is 4.74 Å². The molecule has 33 heavy (non-hydrogen) atoms. The first-order valence-corrected chi connectivity index (χ1v) is 11.4. The molecule has 10 heteroatoms. The number of nitro benzene ring substituents is 1. The van der Waals surface area contributed by atoms with E-state index in [2.05, 4.69) is 9.82 Å². The summed E-state index contributed by atoms with van der Waals surface area (Å²) in [6.07, 6.45) is 1.74. The molecular weight excluding hydrogens is 444 g/mol. The summed E-state index contributed by atoms with van der Waals surface area (Å²) in [5.41, 5.74) is 2.28. The molecule has 0 fully saturated rings. The monoisotopic (exact) mass is 464 g/mol. The Morgan fingerprint density at radius 2 is 1.70 bits per heavy atom. The number of hydrogen-bond acceptors (Lipinski definition) is 6. The molecule has 0 aliphatic carbocycles. The predicted octanol–water partition coefficient (Wildman–Crippen LogP) is 3.93. The SMILES string of the molecule is COc1ccc(S(=O)(=O)NCc2cn(-c3ccccc3)nc2-c2ccccc2)c([N+](=O)[O-])c1. The van der Waals surface area contributed by atoms with Crippen LogP contribution >= 0.6 is 0 Å². The van der Waals surface area contributed by atoms with Crippen LogP contribution in [0.5, 0.6) is 5.75 Å². The highest BCUT2D eigenvalue weighted by Gasteiger charge is 2.27. The lowest BCUT2D eigenvalue weighted by Gasteiger charge is -2.09. The van der Waals surface area contributed by atoms with Gasteiger partial charge in [0.05, 0.1) is 29.5 Å². The number of nitrogens with one attached hydrogen (secondary N) is 1. The molecule has 0 unspecified atom stereocenters. The topological polar surface area (TPSA) is 116 Å². The van der Waals surface area contributed by atoms with Crippen molar-refractivity contribution in [2.24, 2.45) is 0 Å². The highest BCUT2D eigenvalue weighted by Crippen LogP contribution is 2.29. The van der Waals surface area contributed by atoms with Crippen molar-refractivity contribution in [2.45, 2.75) is 11.4 Å². The molecule has 1 aromatic heterocycles. The van der Waals surface area contributed by atoms with Crippen molar-refractivity contribution in [3.8, 4) is 22.7 Å². The molecule has 4 aromatic rings. The molecule has 0 spiro atoms. The fraction of sp³-hybridized carbons (Fsp3) is 0.0870. The summed E-state index contributed by atoms with van der Waals surface area (Å²) in [6.45, 7) is -0.109. The third-order valence-corrected chi connectivity index (χ3v) is 6.41. The summed E-state index contributed by atoms with van der Waals surface area (Å²) < 4.78 is 35.1. The predicted molar refractivity (Wildman–Crippen MR) is 123 cm³/mol. The third-order valence-electron chi connectivity index (χ3n) is 4.96. The largest absolute Gasteiger partial charge is 0.497 e. The van der Waals surface area contributed by atoms with Gasteiger partial charge in [0.15, 0.2) is 4.90 Å². The van der Waals surface area contributed by atoms with Crippen molar-refractivity contribution in [3.63, 3.8) is 0 Å². The van der Waals surface area contributed by atoms with E-state index in [-0.39, 0.29) is 12.3 Å². The average Bonchev–Trinajstić information content (AvgIpc) is 3.28. The van der Waals surface area contributed by atoms with Crippen LogP contribution in [0.3, 0.4) is 0 Å². The molecule has 1 heterocycles. The molecule has 9 nitrogen and oxygen atoms in total. The molecule has 0 amide bonds. The highest BCUT2D eigenvalue weighted by atomic mass is 32.2. The van der Waals surface area contributed by atoms with Gasteiger partial charge in [0.2, 0.25) is 10.0 Å². The van der Waals surface area contributed by atoms with Crippen LogP contribution < -0.4 is 9.46 Å². The first kappa shape index (κ1) is 22.2. The molecule has 4 rings (SSSR count). The van der Waals surface area contributed by atoms with Gasteiger partial charge in [-0.05, 0) is 24.3 Å². The molecule has 0 bridgehead atoms. The number of ether oxygens (including phenoxy) is 1. The number of methoxy groups -OCH3 is 1. The van der Waals surface area contributed by atoms with Crippen LogP contribution in [0.2, 0.25) is 0 Å². The van der Waals surface area contributed by atoms with Crippen molar-refractivity contribution < 1.29 is 18.1 Å². The first-order chi connectivity index (χ1) is 15.9. The van der Waals surface area contributed by atoms with E-state index in [9.17, 15) is 18.5 Å². The maximum absolute atomic E-state index is 13.0. The summed E-state index contributed by atoms with van der Waals surface area (Å²) >= 11 is 0. The number of hydrogen-bond donors (Lipinski definition) is 1. The lowest BCUT2D eigenvalue weighted by atomic mass is 10.1. The molecule has 0 aliphatic heterocycles. The van der Waals surface area contributed by atoms with Crippen LogP contribution in [0, 0.1) is 10.1 Å². The van der Waals surface area contributed by atoms with Crippen LogP contribution in [0.1, 0.15) is 5.56 Å². The molecular formula is C23H20N4O5S. The molecule has 1 N–H and O–H groups in total. The van der Waals surface area contributed by atoms with Crippen LogP contribution in [-0.4, -0.2) is 30.2 Å². The van der Waals surface area contributed by atoms with Gasteiger partial charge in [-0.15, -0.1) is 0 Å². The molecule has 0 saturated carbocycles. The van der Waals surface area contributed by atoms with Crippen molar-refractivity contribution in [3.05, 3.63) is 101 Å². The van der Waals surface area contributed by atoms with E-state index in [1.807, 2.05) is 60.7 Å². The van der Waals surface area contributed by atoms with Crippen molar-refractivity contribution >= 4 is 15.7 Å². The summed E-state index contributed by atoms with van der Waals surface area (Å²) in [4.78, 5) is 10.3. The Bertz CT molecular complexity index is 1390. The Kier molecular flexibility index (Phi) is 6.20. The van der Waals surface area contributed by atoms with E-state index in [1.54, 1.807) is 10.9 Å². The number of para-hydroxylation sites is 1. The maximum Gasteiger partial charge on any atom is 0.293 e. The Labute approximate surface area is 190 Å². The minimum atomic E-state index is -4.20. The Balaban J connectivity index is 1.69. The third kappa shape index (κ3) is 4.76. The lowest BCUT2D eigenvalue weighted by molar-refractivity contribution is -0.387. The highest BCUT2D eigenvalue weighted by molar-refractivity contribution is 7.89. The molecule has 0 aliphatic rings. The molecule has 0 saturated heterocycles. The summed E-state index contributed by atoms with van der Waals surface area (Å²) in [5, 5.41) is 16.1. The second-order valence-corrected chi connectivity index (χ2v) is 8.80. The Hall–Kier alpha value is -4.02. The van der Waals surface area contributed by atoms with Crippen LogP contribution in [-0.2, 0) is 16.6 Å². The summed E-state index contributed by atoms with van der Waals surface area (Å²) in [7, 11) is -2.85. The quantitative estimate of drug-likeness (QED) is 0.312. The fourth-order valence-corrected chi connectivity index (χ4v) is 4.49.